The molecule has 1 amide bonds. The largest absolute Gasteiger partial charge is 0.492 e. The van der Waals surface area contributed by atoms with Gasteiger partial charge < -0.3 is 10.5 Å². The van der Waals surface area contributed by atoms with Crippen molar-refractivity contribution >= 4 is 5.91 Å². The molecule has 0 saturated carbocycles. The van der Waals surface area contributed by atoms with Crippen molar-refractivity contribution in [2.75, 3.05) is 7.11 Å². The van der Waals surface area contributed by atoms with Crippen LogP contribution >= 0.6 is 0 Å². The number of nitrogens with zero attached hydrogens (tertiary/aromatic N) is 1. The number of ether oxygens (including phenoxy) is 1. The molecule has 6 heteroatoms. The molecule has 0 aliphatic heterocycles. The number of amides is 1. The summed E-state index contributed by atoms with van der Waals surface area (Å²) in [4.78, 5) is 11.1. The summed E-state index contributed by atoms with van der Waals surface area (Å²) in [6.45, 7) is 0. The van der Waals surface area contributed by atoms with Gasteiger partial charge in [0.1, 0.15) is 11.5 Å². The van der Waals surface area contributed by atoms with E-state index < -0.39 is 5.91 Å². The summed E-state index contributed by atoms with van der Waals surface area (Å²) in [7, 11) is 1.41. The maximum Gasteiger partial charge on any atom is 0.270 e. The van der Waals surface area contributed by atoms with E-state index in [1.54, 1.807) is 12.1 Å². The number of hydrogen-bond acceptors (Lipinski definition) is 3. The van der Waals surface area contributed by atoms with E-state index in [-0.39, 0.29) is 17.3 Å². The van der Waals surface area contributed by atoms with Crippen LogP contribution in [0.4, 0.5) is 4.39 Å². The predicted molar refractivity (Wildman–Crippen MR) is 59.1 cm³/mol. The summed E-state index contributed by atoms with van der Waals surface area (Å²) in [6.07, 6.45) is 0. The van der Waals surface area contributed by atoms with Gasteiger partial charge in [-0.25, -0.2) is 4.39 Å². The molecule has 0 fully saturated rings. The molecule has 2 aromatic rings. The minimum Gasteiger partial charge on any atom is -0.492 e. The summed E-state index contributed by atoms with van der Waals surface area (Å²) in [6, 6.07) is 5.68. The van der Waals surface area contributed by atoms with E-state index in [1.165, 1.54) is 19.2 Å². The SMILES string of the molecule is COc1c(-c2ccc(F)cc2)n[nH]c1C(N)=O. The lowest BCUT2D eigenvalue weighted by Gasteiger charge is -2.02. The molecule has 5 nitrogen and oxygen atoms in total. The fraction of sp³-hybridized carbons (Fsp3) is 0.0909. The third kappa shape index (κ3) is 1.96. The van der Waals surface area contributed by atoms with Crippen molar-refractivity contribution in [1.82, 2.24) is 10.2 Å². The number of methoxy groups -OCH3 is 1. The topological polar surface area (TPSA) is 81.0 Å². The molecule has 0 bridgehead atoms. The molecule has 88 valence electrons. The van der Waals surface area contributed by atoms with Crippen molar-refractivity contribution in [2.24, 2.45) is 5.73 Å². The smallest absolute Gasteiger partial charge is 0.270 e. The number of carbonyl (C=O) groups excluding carboxylic acids is 1. The van der Waals surface area contributed by atoms with Gasteiger partial charge in [0.15, 0.2) is 11.4 Å². The first kappa shape index (κ1) is 11.1. The third-order valence-electron chi connectivity index (χ3n) is 2.29. The molecule has 0 saturated heterocycles. The zero-order chi connectivity index (χ0) is 12.4. The van der Waals surface area contributed by atoms with Gasteiger partial charge in [-0.15, -0.1) is 0 Å². The van der Waals surface area contributed by atoms with Crippen molar-refractivity contribution in [2.45, 2.75) is 0 Å². The van der Waals surface area contributed by atoms with Gasteiger partial charge in [-0.1, -0.05) is 0 Å². The number of nitrogens with one attached hydrogen (secondary N) is 1. The lowest BCUT2D eigenvalue weighted by Crippen LogP contribution is -2.12. The summed E-state index contributed by atoms with van der Waals surface area (Å²) in [5.74, 6) is -0.759. The molecule has 2 rings (SSSR count). The van der Waals surface area contributed by atoms with Gasteiger partial charge in [-0.3, -0.25) is 9.89 Å². The van der Waals surface area contributed by atoms with E-state index in [4.69, 9.17) is 10.5 Å². The fourth-order valence-electron chi connectivity index (χ4n) is 1.50. The van der Waals surface area contributed by atoms with Crippen molar-refractivity contribution < 1.29 is 13.9 Å². The molecule has 0 spiro atoms. The Balaban J connectivity index is 2.52. The molecule has 1 aromatic carbocycles. The van der Waals surface area contributed by atoms with Crippen LogP contribution in [0.1, 0.15) is 10.5 Å². The lowest BCUT2D eigenvalue weighted by atomic mass is 10.1. The monoisotopic (exact) mass is 235 g/mol. The van der Waals surface area contributed by atoms with Crippen LogP contribution in [-0.4, -0.2) is 23.2 Å². The average Bonchev–Trinajstić information content (AvgIpc) is 2.73. The van der Waals surface area contributed by atoms with Crippen LogP contribution in [0.2, 0.25) is 0 Å². The van der Waals surface area contributed by atoms with Crippen molar-refractivity contribution in [3.8, 4) is 17.0 Å². The molecule has 3 N–H and O–H groups in total. The minimum atomic E-state index is -0.664. The van der Waals surface area contributed by atoms with Crippen LogP contribution in [0, 0.1) is 5.82 Å². The number of primary amides is 1. The van der Waals surface area contributed by atoms with Gasteiger partial charge in [0.2, 0.25) is 0 Å². The van der Waals surface area contributed by atoms with Gasteiger partial charge in [-0.05, 0) is 24.3 Å². The Bertz CT molecular complexity index is 548. The molecule has 0 radical (unpaired) electrons. The maximum atomic E-state index is 12.8. The third-order valence-corrected chi connectivity index (χ3v) is 2.29. The van der Waals surface area contributed by atoms with Gasteiger partial charge in [-0.2, -0.15) is 5.10 Å². The Labute approximate surface area is 96.4 Å². The zero-order valence-electron chi connectivity index (χ0n) is 9.03. The van der Waals surface area contributed by atoms with Gasteiger partial charge >= 0.3 is 0 Å². The number of nitrogens with two attached hydrogens (primary N) is 1. The number of hydrogen-bond donors (Lipinski definition) is 2. The Morgan fingerprint density at radius 2 is 2.06 bits per heavy atom. The van der Waals surface area contributed by atoms with Gasteiger partial charge in [0, 0.05) is 5.56 Å². The van der Waals surface area contributed by atoms with E-state index >= 15 is 0 Å². The van der Waals surface area contributed by atoms with Crippen LogP contribution in [0.25, 0.3) is 11.3 Å². The van der Waals surface area contributed by atoms with Crippen molar-refractivity contribution in [3.63, 3.8) is 0 Å². The molecule has 0 unspecified atom stereocenters. The maximum absolute atomic E-state index is 12.8. The molecule has 17 heavy (non-hydrogen) atoms. The van der Waals surface area contributed by atoms with E-state index in [0.29, 0.717) is 11.3 Å². The molecule has 1 heterocycles. The quantitative estimate of drug-likeness (QED) is 0.841. The first-order valence-electron chi connectivity index (χ1n) is 4.81. The first-order chi connectivity index (χ1) is 8.13. The lowest BCUT2D eigenvalue weighted by molar-refractivity contribution is 0.0992. The molecule has 1 aromatic heterocycles. The van der Waals surface area contributed by atoms with Crippen LogP contribution in [0.5, 0.6) is 5.75 Å². The summed E-state index contributed by atoms with van der Waals surface area (Å²) in [5, 5.41) is 6.43. The second kappa shape index (κ2) is 4.25. The second-order valence-corrected chi connectivity index (χ2v) is 3.35. The molecule has 0 aliphatic rings. The Kier molecular flexibility index (Phi) is 2.78. The highest BCUT2D eigenvalue weighted by Crippen LogP contribution is 2.30. The van der Waals surface area contributed by atoms with Gasteiger partial charge in [0.05, 0.1) is 7.11 Å². The van der Waals surface area contributed by atoms with Crippen molar-refractivity contribution in [1.29, 1.82) is 0 Å². The number of aromatic amines is 1. The highest BCUT2D eigenvalue weighted by molar-refractivity contribution is 5.95. The summed E-state index contributed by atoms with van der Waals surface area (Å²) in [5.41, 5.74) is 6.29. The first-order valence-corrected chi connectivity index (χ1v) is 4.81. The number of carbonyl (C=O) groups is 1. The average molecular weight is 235 g/mol. The van der Waals surface area contributed by atoms with E-state index in [2.05, 4.69) is 10.2 Å². The number of H-pyrrole nitrogens is 1. The minimum absolute atomic E-state index is 0.0897. The van der Waals surface area contributed by atoms with Crippen molar-refractivity contribution in [3.05, 3.63) is 35.8 Å². The number of aromatic nitrogens is 2. The Morgan fingerprint density at radius 1 is 1.41 bits per heavy atom. The molecule has 0 aliphatic carbocycles. The van der Waals surface area contributed by atoms with E-state index in [1.807, 2.05) is 0 Å². The molecular weight excluding hydrogens is 225 g/mol. The number of rotatable bonds is 3. The standard InChI is InChI=1S/C11H10FN3O2/c1-17-10-8(14-15-9(10)11(13)16)6-2-4-7(12)5-3-6/h2-5H,1H3,(H2,13,16)(H,14,15). The van der Waals surface area contributed by atoms with E-state index in [0.717, 1.165) is 0 Å². The van der Waals surface area contributed by atoms with Gasteiger partial charge in [0.25, 0.3) is 5.91 Å². The predicted octanol–water partition coefficient (Wildman–Crippen LogP) is 1.32. The highest BCUT2D eigenvalue weighted by atomic mass is 19.1. The Hall–Kier alpha value is -2.37. The van der Waals surface area contributed by atoms with Crippen LogP contribution in [0.15, 0.2) is 24.3 Å². The normalized spacial score (nSPS) is 10.2. The fourth-order valence-corrected chi connectivity index (χ4v) is 1.50. The summed E-state index contributed by atoms with van der Waals surface area (Å²) >= 11 is 0. The van der Waals surface area contributed by atoms with Crippen LogP contribution in [-0.2, 0) is 0 Å². The number of benzene rings is 1. The molecule has 0 atom stereocenters. The van der Waals surface area contributed by atoms with E-state index in [9.17, 15) is 9.18 Å². The zero-order valence-corrected chi connectivity index (χ0v) is 9.03. The van der Waals surface area contributed by atoms with Crippen LogP contribution in [0.3, 0.4) is 0 Å². The molecular formula is C11H10FN3O2. The summed E-state index contributed by atoms with van der Waals surface area (Å²) < 4.78 is 17.9. The number of halogens is 1. The second-order valence-electron chi connectivity index (χ2n) is 3.35. The highest BCUT2D eigenvalue weighted by Gasteiger charge is 2.18. The Morgan fingerprint density at radius 3 is 2.59 bits per heavy atom. The van der Waals surface area contributed by atoms with Crippen LogP contribution < -0.4 is 10.5 Å².